The molecule has 1 aromatic heterocycles. The normalized spacial score (nSPS) is 19.5. The predicted molar refractivity (Wildman–Crippen MR) is 77.7 cm³/mol. The van der Waals surface area contributed by atoms with Crippen LogP contribution < -0.4 is 10.6 Å². The third-order valence-electron chi connectivity index (χ3n) is 3.13. The molecule has 0 aliphatic carbocycles. The van der Waals surface area contributed by atoms with Gasteiger partial charge in [-0.2, -0.15) is 0 Å². The summed E-state index contributed by atoms with van der Waals surface area (Å²) in [6, 6.07) is 2.34. The molecule has 0 radical (unpaired) electrons. The van der Waals surface area contributed by atoms with Crippen LogP contribution in [0.15, 0.2) is 6.07 Å². The Morgan fingerprint density at radius 2 is 2.16 bits per heavy atom. The van der Waals surface area contributed by atoms with Crippen LogP contribution in [0.5, 0.6) is 0 Å². The first-order valence-electron chi connectivity index (χ1n) is 7.16. The number of nitrogens with one attached hydrogen (secondary N) is 2. The monoisotopic (exact) mass is 264 g/mol. The van der Waals surface area contributed by atoms with Crippen molar-refractivity contribution in [1.29, 1.82) is 0 Å². The maximum Gasteiger partial charge on any atom is 0.135 e. The van der Waals surface area contributed by atoms with E-state index in [4.69, 9.17) is 4.74 Å². The fourth-order valence-corrected chi connectivity index (χ4v) is 2.13. The molecule has 1 unspecified atom stereocenters. The second-order valence-corrected chi connectivity index (χ2v) is 5.24. The van der Waals surface area contributed by atoms with Crippen LogP contribution in [0.4, 0.5) is 11.6 Å². The molecule has 2 N–H and O–H groups in total. The first-order chi connectivity index (χ1) is 9.19. The van der Waals surface area contributed by atoms with Crippen molar-refractivity contribution in [2.45, 2.75) is 45.6 Å². The zero-order valence-corrected chi connectivity index (χ0v) is 12.1. The minimum atomic E-state index is 0.321. The molecule has 1 atom stereocenters. The van der Waals surface area contributed by atoms with Gasteiger partial charge < -0.3 is 15.4 Å². The van der Waals surface area contributed by atoms with Crippen molar-refractivity contribution >= 4 is 11.6 Å². The molecule has 0 aromatic carbocycles. The highest BCUT2D eigenvalue weighted by atomic mass is 16.5. The van der Waals surface area contributed by atoms with E-state index < -0.39 is 0 Å². The minimum absolute atomic E-state index is 0.321. The highest BCUT2D eigenvalue weighted by Gasteiger charge is 2.15. The van der Waals surface area contributed by atoms with Gasteiger partial charge in [0.2, 0.25) is 0 Å². The molecule has 1 saturated heterocycles. The number of aromatic nitrogens is 2. The molecule has 2 heterocycles. The second-order valence-electron chi connectivity index (χ2n) is 5.24. The van der Waals surface area contributed by atoms with Gasteiger partial charge in [-0.15, -0.1) is 0 Å². The fourth-order valence-electron chi connectivity index (χ4n) is 2.13. The molecule has 0 bridgehead atoms. The molecular weight excluding hydrogens is 240 g/mol. The van der Waals surface area contributed by atoms with Gasteiger partial charge in [0.05, 0.1) is 12.6 Å². The van der Waals surface area contributed by atoms with Crippen molar-refractivity contribution in [3.8, 4) is 0 Å². The Labute approximate surface area is 115 Å². The highest BCUT2D eigenvalue weighted by molar-refractivity contribution is 5.48. The molecule has 2 rings (SSSR count). The largest absolute Gasteiger partial charge is 0.379 e. The lowest BCUT2D eigenvalue weighted by atomic mass is 10.1. The molecule has 1 aliphatic rings. The summed E-state index contributed by atoms with van der Waals surface area (Å²) in [5.41, 5.74) is 0. The average molecular weight is 264 g/mol. The lowest BCUT2D eigenvalue weighted by Crippen LogP contribution is -2.30. The standard InChI is InChI=1S/C14H24N4O/c1-4-15-12-8-13(18-14(17-12)10(2)3)16-11-6-5-7-19-9-11/h8,10-11H,4-7,9H2,1-3H3,(H2,15,16,17,18). The molecule has 5 nitrogen and oxygen atoms in total. The zero-order chi connectivity index (χ0) is 13.7. The van der Waals surface area contributed by atoms with E-state index in [2.05, 4.69) is 41.4 Å². The van der Waals surface area contributed by atoms with E-state index in [1.165, 1.54) is 0 Å². The van der Waals surface area contributed by atoms with Gasteiger partial charge >= 0.3 is 0 Å². The summed E-state index contributed by atoms with van der Waals surface area (Å²) in [4.78, 5) is 9.11. The number of hydrogen-bond acceptors (Lipinski definition) is 5. The third kappa shape index (κ3) is 4.06. The van der Waals surface area contributed by atoms with Crippen LogP contribution in [0, 0.1) is 0 Å². The van der Waals surface area contributed by atoms with Gasteiger partial charge in [0.15, 0.2) is 0 Å². The van der Waals surface area contributed by atoms with Gasteiger partial charge in [-0.05, 0) is 19.8 Å². The maximum absolute atomic E-state index is 5.49. The second kappa shape index (κ2) is 6.70. The molecule has 5 heteroatoms. The molecule has 1 aliphatic heterocycles. The van der Waals surface area contributed by atoms with Gasteiger partial charge in [-0.1, -0.05) is 13.8 Å². The Morgan fingerprint density at radius 3 is 2.79 bits per heavy atom. The molecule has 0 spiro atoms. The number of nitrogens with zero attached hydrogens (tertiary/aromatic N) is 2. The maximum atomic E-state index is 5.49. The Hall–Kier alpha value is -1.36. The van der Waals surface area contributed by atoms with Crippen molar-refractivity contribution in [2.75, 3.05) is 30.4 Å². The molecule has 106 valence electrons. The average Bonchev–Trinajstić information content (AvgIpc) is 2.40. The van der Waals surface area contributed by atoms with Crippen LogP contribution in [-0.2, 0) is 4.74 Å². The highest BCUT2D eigenvalue weighted by Crippen LogP contribution is 2.19. The summed E-state index contributed by atoms with van der Waals surface area (Å²) in [6.07, 6.45) is 2.25. The summed E-state index contributed by atoms with van der Waals surface area (Å²) in [5, 5.41) is 6.72. The Morgan fingerprint density at radius 1 is 1.37 bits per heavy atom. The van der Waals surface area contributed by atoms with Gasteiger partial charge in [0.25, 0.3) is 0 Å². The van der Waals surface area contributed by atoms with E-state index in [-0.39, 0.29) is 0 Å². The third-order valence-corrected chi connectivity index (χ3v) is 3.13. The van der Waals surface area contributed by atoms with Crippen molar-refractivity contribution in [3.63, 3.8) is 0 Å². The van der Waals surface area contributed by atoms with Crippen LogP contribution in [-0.4, -0.2) is 35.8 Å². The number of anilines is 2. The molecule has 19 heavy (non-hydrogen) atoms. The Balaban J connectivity index is 2.12. The van der Waals surface area contributed by atoms with Gasteiger partial charge in [-0.25, -0.2) is 9.97 Å². The SMILES string of the molecule is CCNc1cc(NC2CCCOC2)nc(C(C)C)n1. The van der Waals surface area contributed by atoms with E-state index in [1.54, 1.807) is 0 Å². The van der Waals surface area contributed by atoms with Crippen LogP contribution in [0.1, 0.15) is 45.4 Å². The summed E-state index contributed by atoms with van der Waals surface area (Å²) in [6.45, 7) is 8.79. The Bertz CT molecular complexity index is 402. The van der Waals surface area contributed by atoms with Crippen LogP contribution in [0.2, 0.25) is 0 Å². The summed E-state index contributed by atoms with van der Waals surface area (Å²) in [5.74, 6) is 2.98. The topological polar surface area (TPSA) is 59.1 Å². The molecule has 1 fully saturated rings. The van der Waals surface area contributed by atoms with E-state index in [9.17, 15) is 0 Å². The number of hydrogen-bond donors (Lipinski definition) is 2. The van der Waals surface area contributed by atoms with Gasteiger partial charge in [0, 0.05) is 25.1 Å². The van der Waals surface area contributed by atoms with E-state index in [0.717, 1.165) is 50.1 Å². The van der Waals surface area contributed by atoms with Crippen molar-refractivity contribution in [1.82, 2.24) is 9.97 Å². The summed E-state index contributed by atoms with van der Waals surface area (Å²) in [7, 11) is 0. The molecular formula is C14H24N4O. The molecule has 0 saturated carbocycles. The van der Waals surface area contributed by atoms with Crippen molar-refractivity contribution < 1.29 is 4.74 Å². The molecule has 1 aromatic rings. The van der Waals surface area contributed by atoms with Gasteiger partial charge in [-0.3, -0.25) is 0 Å². The van der Waals surface area contributed by atoms with Gasteiger partial charge in [0.1, 0.15) is 17.5 Å². The smallest absolute Gasteiger partial charge is 0.135 e. The quantitative estimate of drug-likeness (QED) is 0.856. The van der Waals surface area contributed by atoms with Crippen molar-refractivity contribution in [2.24, 2.45) is 0 Å². The predicted octanol–water partition coefficient (Wildman–Crippen LogP) is 2.62. The van der Waals surface area contributed by atoms with E-state index in [0.29, 0.717) is 12.0 Å². The summed E-state index contributed by atoms with van der Waals surface area (Å²) < 4.78 is 5.49. The summed E-state index contributed by atoms with van der Waals surface area (Å²) >= 11 is 0. The van der Waals surface area contributed by atoms with Crippen molar-refractivity contribution in [3.05, 3.63) is 11.9 Å². The lowest BCUT2D eigenvalue weighted by Gasteiger charge is -2.24. The van der Waals surface area contributed by atoms with E-state index in [1.807, 2.05) is 6.07 Å². The van der Waals surface area contributed by atoms with E-state index >= 15 is 0 Å². The number of rotatable bonds is 5. The fraction of sp³-hybridized carbons (Fsp3) is 0.714. The minimum Gasteiger partial charge on any atom is -0.379 e. The Kier molecular flexibility index (Phi) is 4.96. The zero-order valence-electron chi connectivity index (χ0n) is 12.1. The van der Waals surface area contributed by atoms with Crippen LogP contribution >= 0.6 is 0 Å². The molecule has 0 amide bonds. The lowest BCUT2D eigenvalue weighted by molar-refractivity contribution is 0.0875. The van der Waals surface area contributed by atoms with Crippen LogP contribution in [0.25, 0.3) is 0 Å². The first-order valence-corrected chi connectivity index (χ1v) is 7.16. The van der Waals surface area contributed by atoms with Crippen LogP contribution in [0.3, 0.4) is 0 Å². The number of ether oxygens (including phenoxy) is 1. The first kappa shape index (κ1) is 14.1.